The van der Waals surface area contributed by atoms with Crippen molar-refractivity contribution in [2.45, 2.75) is 52.9 Å². The van der Waals surface area contributed by atoms with Crippen molar-refractivity contribution in [1.29, 1.82) is 0 Å². The van der Waals surface area contributed by atoms with Crippen molar-refractivity contribution in [2.24, 2.45) is 5.92 Å². The minimum absolute atomic E-state index is 0. The standard InChI is InChI=1S/C14H21.3CH4O.Ti/c1-4-11-10(3)13-8-6-7-9-14(13)12(11)5-2;3*1-2;/h8,12H,4-7,9H2,1-3H3;3*2H,1H3;/q-1;;;;. The third-order valence-corrected chi connectivity index (χ3v) is 3.86. The SMILES string of the molecule is CCC1=C(C)C2=C(CCC[CH-]2)C1CC.CO.CO.CO.[Ti]. The molecular weight excluding hydrogens is 300 g/mol. The second-order valence-electron chi connectivity index (χ2n) is 4.50. The number of allylic oxidation sites excluding steroid dienone is 4. The van der Waals surface area contributed by atoms with Gasteiger partial charge in [-0.15, -0.1) is 5.57 Å². The van der Waals surface area contributed by atoms with Crippen LogP contribution in [0.2, 0.25) is 0 Å². The molecule has 1 atom stereocenters. The van der Waals surface area contributed by atoms with Gasteiger partial charge in [-0.25, -0.2) is 0 Å². The van der Waals surface area contributed by atoms with Crippen molar-refractivity contribution in [3.63, 3.8) is 0 Å². The van der Waals surface area contributed by atoms with Crippen LogP contribution in [-0.4, -0.2) is 36.6 Å². The Morgan fingerprint density at radius 3 is 2.00 bits per heavy atom. The monoisotopic (exact) mass is 333 g/mol. The smallest absolute Gasteiger partial charge is 0.0319 e. The van der Waals surface area contributed by atoms with Crippen LogP contribution in [0.25, 0.3) is 0 Å². The van der Waals surface area contributed by atoms with Crippen LogP contribution in [0, 0.1) is 12.3 Å². The van der Waals surface area contributed by atoms with E-state index in [0.29, 0.717) is 0 Å². The van der Waals surface area contributed by atoms with Crippen molar-refractivity contribution < 1.29 is 37.0 Å². The topological polar surface area (TPSA) is 60.7 Å². The molecule has 3 nitrogen and oxygen atoms in total. The van der Waals surface area contributed by atoms with Crippen LogP contribution in [0.3, 0.4) is 0 Å². The number of rotatable bonds is 2. The summed E-state index contributed by atoms with van der Waals surface area (Å²) in [4.78, 5) is 0. The summed E-state index contributed by atoms with van der Waals surface area (Å²) < 4.78 is 0. The van der Waals surface area contributed by atoms with Gasteiger partial charge < -0.3 is 15.3 Å². The van der Waals surface area contributed by atoms with Crippen molar-refractivity contribution in [1.82, 2.24) is 0 Å². The van der Waals surface area contributed by atoms with Gasteiger partial charge in [0.25, 0.3) is 0 Å². The molecule has 0 aliphatic heterocycles. The van der Waals surface area contributed by atoms with E-state index in [2.05, 4.69) is 27.2 Å². The molecule has 3 N–H and O–H groups in total. The molecule has 2 aliphatic rings. The molecule has 0 fully saturated rings. The van der Waals surface area contributed by atoms with E-state index in [1.165, 1.54) is 32.1 Å². The predicted molar refractivity (Wildman–Crippen MR) is 86.4 cm³/mol. The molecular formula is C17H33O3Ti-. The second-order valence-corrected chi connectivity index (χ2v) is 4.50. The van der Waals surface area contributed by atoms with Crippen LogP contribution in [-0.2, 0) is 21.7 Å². The summed E-state index contributed by atoms with van der Waals surface area (Å²) in [6, 6.07) is 0. The Morgan fingerprint density at radius 1 is 1.05 bits per heavy atom. The molecule has 2 aliphatic carbocycles. The first-order chi connectivity index (χ1) is 9.79. The summed E-state index contributed by atoms with van der Waals surface area (Å²) in [5, 5.41) is 21.0. The van der Waals surface area contributed by atoms with E-state index in [0.717, 1.165) is 27.2 Å². The molecule has 0 bridgehead atoms. The zero-order valence-corrected chi connectivity index (χ0v) is 16.1. The Morgan fingerprint density at radius 2 is 1.57 bits per heavy atom. The van der Waals surface area contributed by atoms with E-state index in [1.807, 2.05) is 0 Å². The zero-order valence-electron chi connectivity index (χ0n) is 14.5. The van der Waals surface area contributed by atoms with Crippen molar-refractivity contribution in [3.8, 4) is 0 Å². The first-order valence-electron chi connectivity index (χ1n) is 7.40. The quantitative estimate of drug-likeness (QED) is 0.537. The maximum atomic E-state index is 7.00. The maximum absolute atomic E-state index is 7.00. The van der Waals surface area contributed by atoms with Gasteiger partial charge in [0.05, 0.1) is 0 Å². The minimum atomic E-state index is 0. The van der Waals surface area contributed by atoms with Crippen LogP contribution in [0.1, 0.15) is 52.9 Å². The van der Waals surface area contributed by atoms with Gasteiger partial charge in [0.1, 0.15) is 0 Å². The number of hydrogen-bond donors (Lipinski definition) is 3. The Kier molecular flexibility index (Phi) is 20.1. The molecule has 4 heteroatoms. The van der Waals surface area contributed by atoms with Crippen LogP contribution in [0.5, 0.6) is 0 Å². The summed E-state index contributed by atoms with van der Waals surface area (Å²) >= 11 is 0. The Labute approximate surface area is 146 Å². The zero-order chi connectivity index (χ0) is 16.1. The molecule has 0 aromatic carbocycles. The number of aliphatic hydroxyl groups is 3. The molecule has 0 aromatic rings. The maximum Gasteiger partial charge on any atom is 0.0319 e. The van der Waals surface area contributed by atoms with E-state index in [-0.39, 0.29) is 21.7 Å². The molecule has 0 spiro atoms. The fourth-order valence-electron chi connectivity index (χ4n) is 3.21. The van der Waals surface area contributed by atoms with Crippen LogP contribution >= 0.6 is 0 Å². The van der Waals surface area contributed by atoms with E-state index >= 15 is 0 Å². The molecule has 0 radical (unpaired) electrons. The summed E-state index contributed by atoms with van der Waals surface area (Å²) in [5.41, 5.74) is 6.71. The largest absolute Gasteiger partial charge is 0.400 e. The third-order valence-electron chi connectivity index (χ3n) is 3.86. The fourth-order valence-corrected chi connectivity index (χ4v) is 3.21. The van der Waals surface area contributed by atoms with E-state index < -0.39 is 0 Å². The fraction of sp³-hybridized carbons (Fsp3) is 0.706. The minimum Gasteiger partial charge on any atom is -0.400 e. The number of hydrogen-bond acceptors (Lipinski definition) is 3. The Hall–Kier alpha value is -0.0557. The van der Waals surface area contributed by atoms with Gasteiger partial charge in [0, 0.05) is 43.0 Å². The van der Waals surface area contributed by atoms with Gasteiger partial charge in [-0.3, -0.25) is 0 Å². The van der Waals surface area contributed by atoms with Gasteiger partial charge in [-0.1, -0.05) is 52.4 Å². The molecule has 2 rings (SSSR count). The van der Waals surface area contributed by atoms with Gasteiger partial charge >= 0.3 is 0 Å². The second kappa shape index (κ2) is 16.3. The van der Waals surface area contributed by atoms with Crippen LogP contribution < -0.4 is 0 Å². The van der Waals surface area contributed by atoms with Gasteiger partial charge in [0.2, 0.25) is 0 Å². The summed E-state index contributed by atoms with van der Waals surface area (Å²) in [7, 11) is 3.00. The van der Waals surface area contributed by atoms with E-state index in [4.69, 9.17) is 15.3 Å². The first-order valence-corrected chi connectivity index (χ1v) is 7.40. The molecule has 0 heterocycles. The van der Waals surface area contributed by atoms with E-state index in [9.17, 15) is 0 Å². The average molecular weight is 333 g/mol. The molecule has 21 heavy (non-hydrogen) atoms. The molecule has 1 unspecified atom stereocenters. The van der Waals surface area contributed by atoms with Crippen molar-refractivity contribution in [3.05, 3.63) is 28.7 Å². The van der Waals surface area contributed by atoms with E-state index in [1.54, 1.807) is 22.3 Å². The summed E-state index contributed by atoms with van der Waals surface area (Å²) in [5.74, 6) is 0.798. The molecule has 124 valence electrons. The summed E-state index contributed by atoms with van der Waals surface area (Å²) in [6.45, 7) is 6.96. The normalized spacial score (nSPS) is 18.6. The van der Waals surface area contributed by atoms with Gasteiger partial charge in [0.15, 0.2) is 0 Å². The molecule has 0 saturated heterocycles. The van der Waals surface area contributed by atoms with Crippen LogP contribution in [0.15, 0.2) is 22.3 Å². The molecule has 0 saturated carbocycles. The molecule has 0 amide bonds. The average Bonchev–Trinajstić information content (AvgIpc) is 2.85. The van der Waals surface area contributed by atoms with Gasteiger partial charge in [-0.05, 0) is 6.42 Å². The third kappa shape index (κ3) is 6.71. The molecule has 0 aromatic heterocycles. The van der Waals surface area contributed by atoms with Crippen LogP contribution in [0.4, 0.5) is 0 Å². The number of aliphatic hydroxyl groups excluding tert-OH is 3. The Bertz CT molecular complexity index is 309. The van der Waals surface area contributed by atoms with Crippen molar-refractivity contribution in [2.75, 3.05) is 21.3 Å². The Balaban J connectivity index is -0.000000414. The predicted octanol–water partition coefficient (Wildman–Crippen LogP) is 3.26. The summed E-state index contributed by atoms with van der Waals surface area (Å²) in [6.07, 6.45) is 9.03. The first kappa shape index (κ1) is 25.9. The van der Waals surface area contributed by atoms with Gasteiger partial charge in [-0.2, -0.15) is 23.1 Å². The van der Waals surface area contributed by atoms with Crippen molar-refractivity contribution >= 4 is 0 Å².